The standard InChI is InChI=1S/C10H16F3NO/c1-10(2,8(12)13)9(15)14-5-3-4-7(14)6-11/h7-8H,3-6H2,1-2H3/t7-/m0/s1. The molecule has 1 heterocycles. The molecule has 1 atom stereocenters. The Morgan fingerprint density at radius 3 is 2.60 bits per heavy atom. The number of hydrogen-bond donors (Lipinski definition) is 0. The molecule has 0 aromatic rings. The first kappa shape index (κ1) is 12.3. The molecule has 0 spiro atoms. The normalized spacial score (nSPS) is 22.5. The topological polar surface area (TPSA) is 20.3 Å². The molecule has 1 fully saturated rings. The van der Waals surface area contributed by atoms with Crippen molar-refractivity contribution in [2.75, 3.05) is 13.2 Å². The largest absolute Gasteiger partial charge is 0.336 e. The van der Waals surface area contributed by atoms with Gasteiger partial charge in [0.1, 0.15) is 12.1 Å². The zero-order valence-corrected chi connectivity index (χ0v) is 8.97. The summed E-state index contributed by atoms with van der Waals surface area (Å²) in [5, 5.41) is 0. The predicted molar refractivity (Wildman–Crippen MR) is 50.5 cm³/mol. The van der Waals surface area contributed by atoms with Crippen LogP contribution in [0.3, 0.4) is 0 Å². The molecule has 0 bridgehead atoms. The van der Waals surface area contributed by atoms with Gasteiger partial charge in [0.15, 0.2) is 0 Å². The molecule has 15 heavy (non-hydrogen) atoms. The van der Waals surface area contributed by atoms with Crippen LogP contribution in [-0.2, 0) is 4.79 Å². The van der Waals surface area contributed by atoms with Crippen LogP contribution in [0.5, 0.6) is 0 Å². The lowest BCUT2D eigenvalue weighted by atomic mass is 9.92. The maximum absolute atomic E-state index is 12.6. The third kappa shape index (κ3) is 2.26. The Kier molecular flexibility index (Phi) is 3.62. The van der Waals surface area contributed by atoms with E-state index in [1.165, 1.54) is 18.7 Å². The SMILES string of the molecule is CC(C)(C(=O)N1CCC[C@H]1CF)C(F)F. The molecular weight excluding hydrogens is 207 g/mol. The molecule has 5 heteroatoms. The van der Waals surface area contributed by atoms with Crippen molar-refractivity contribution >= 4 is 5.91 Å². The summed E-state index contributed by atoms with van der Waals surface area (Å²) in [7, 11) is 0. The van der Waals surface area contributed by atoms with E-state index in [9.17, 15) is 18.0 Å². The lowest BCUT2D eigenvalue weighted by Crippen LogP contribution is -2.47. The summed E-state index contributed by atoms with van der Waals surface area (Å²) in [6.07, 6.45) is -1.45. The van der Waals surface area contributed by atoms with Crippen molar-refractivity contribution in [1.29, 1.82) is 0 Å². The van der Waals surface area contributed by atoms with E-state index in [1.807, 2.05) is 0 Å². The zero-order valence-electron chi connectivity index (χ0n) is 8.97. The lowest BCUT2D eigenvalue weighted by Gasteiger charge is -2.31. The lowest BCUT2D eigenvalue weighted by molar-refractivity contribution is -0.150. The van der Waals surface area contributed by atoms with E-state index in [1.54, 1.807) is 0 Å². The zero-order chi connectivity index (χ0) is 11.6. The van der Waals surface area contributed by atoms with Gasteiger partial charge in [0.05, 0.1) is 6.04 Å². The molecule has 0 aromatic carbocycles. The first-order chi connectivity index (χ1) is 6.91. The first-order valence-electron chi connectivity index (χ1n) is 5.06. The fourth-order valence-electron chi connectivity index (χ4n) is 1.73. The van der Waals surface area contributed by atoms with Crippen molar-refractivity contribution in [1.82, 2.24) is 4.90 Å². The number of likely N-dealkylation sites (tertiary alicyclic amines) is 1. The Hall–Kier alpha value is -0.740. The Balaban J connectivity index is 2.75. The fourth-order valence-corrected chi connectivity index (χ4v) is 1.73. The second kappa shape index (κ2) is 4.41. The fraction of sp³-hybridized carbons (Fsp3) is 0.900. The van der Waals surface area contributed by atoms with Gasteiger partial charge in [-0.05, 0) is 26.7 Å². The molecule has 0 radical (unpaired) electrons. The molecule has 0 N–H and O–H groups in total. The minimum atomic E-state index is -2.72. The number of halogens is 3. The van der Waals surface area contributed by atoms with Crippen LogP contribution >= 0.6 is 0 Å². The third-order valence-corrected chi connectivity index (χ3v) is 2.91. The number of alkyl halides is 3. The molecule has 2 nitrogen and oxygen atoms in total. The van der Waals surface area contributed by atoms with Crippen molar-refractivity contribution in [3.8, 4) is 0 Å². The molecule has 0 aromatic heterocycles. The highest BCUT2D eigenvalue weighted by atomic mass is 19.3. The number of amides is 1. The Labute approximate surface area is 87.4 Å². The summed E-state index contributed by atoms with van der Waals surface area (Å²) in [6.45, 7) is 2.15. The molecule has 0 aliphatic carbocycles. The van der Waals surface area contributed by atoms with Gasteiger partial charge in [-0.15, -0.1) is 0 Å². The molecule has 1 aliphatic heterocycles. The highest BCUT2D eigenvalue weighted by Gasteiger charge is 2.43. The Morgan fingerprint density at radius 2 is 2.13 bits per heavy atom. The first-order valence-corrected chi connectivity index (χ1v) is 5.06. The van der Waals surface area contributed by atoms with Gasteiger partial charge in [0, 0.05) is 6.54 Å². The van der Waals surface area contributed by atoms with Gasteiger partial charge in [-0.2, -0.15) is 0 Å². The number of nitrogens with zero attached hydrogens (tertiary/aromatic N) is 1. The van der Waals surface area contributed by atoms with Gasteiger partial charge in [0.25, 0.3) is 6.43 Å². The Bertz CT molecular complexity index is 243. The van der Waals surface area contributed by atoms with E-state index in [4.69, 9.17) is 0 Å². The average molecular weight is 223 g/mol. The summed E-state index contributed by atoms with van der Waals surface area (Å²) >= 11 is 0. The van der Waals surface area contributed by atoms with Crippen molar-refractivity contribution in [3.05, 3.63) is 0 Å². The summed E-state index contributed by atoms with van der Waals surface area (Å²) in [4.78, 5) is 13.0. The summed E-state index contributed by atoms with van der Waals surface area (Å²) in [6, 6.07) is -0.504. The molecule has 1 saturated heterocycles. The van der Waals surface area contributed by atoms with Crippen LogP contribution < -0.4 is 0 Å². The molecule has 88 valence electrons. The molecule has 1 amide bonds. The van der Waals surface area contributed by atoms with Crippen LogP contribution in [0.2, 0.25) is 0 Å². The van der Waals surface area contributed by atoms with E-state index in [0.717, 1.165) is 0 Å². The number of hydrogen-bond acceptors (Lipinski definition) is 1. The van der Waals surface area contributed by atoms with Gasteiger partial charge >= 0.3 is 0 Å². The van der Waals surface area contributed by atoms with Crippen molar-refractivity contribution in [2.45, 2.75) is 39.2 Å². The number of carbonyl (C=O) groups is 1. The minimum Gasteiger partial charge on any atom is -0.336 e. The van der Waals surface area contributed by atoms with E-state index < -0.39 is 30.5 Å². The van der Waals surface area contributed by atoms with Crippen molar-refractivity contribution in [2.24, 2.45) is 5.41 Å². The molecule has 1 aliphatic rings. The van der Waals surface area contributed by atoms with E-state index in [2.05, 4.69) is 0 Å². The monoisotopic (exact) mass is 223 g/mol. The summed E-state index contributed by atoms with van der Waals surface area (Å²) in [5.74, 6) is -0.641. The smallest absolute Gasteiger partial charge is 0.252 e. The third-order valence-electron chi connectivity index (χ3n) is 2.91. The van der Waals surface area contributed by atoms with E-state index in [0.29, 0.717) is 19.4 Å². The summed E-state index contributed by atoms with van der Waals surface area (Å²) < 4.78 is 37.7. The second-order valence-electron chi connectivity index (χ2n) is 4.47. The molecule has 1 rings (SSSR count). The Morgan fingerprint density at radius 1 is 1.53 bits per heavy atom. The minimum absolute atomic E-state index is 0.392. The van der Waals surface area contributed by atoms with Crippen LogP contribution in [0.25, 0.3) is 0 Å². The van der Waals surface area contributed by atoms with Crippen LogP contribution in [0.1, 0.15) is 26.7 Å². The molecule has 0 saturated carbocycles. The number of carbonyl (C=O) groups excluding carboxylic acids is 1. The van der Waals surface area contributed by atoms with Crippen molar-refractivity contribution < 1.29 is 18.0 Å². The van der Waals surface area contributed by atoms with Crippen LogP contribution in [0.15, 0.2) is 0 Å². The average Bonchev–Trinajstić information content (AvgIpc) is 2.63. The van der Waals surface area contributed by atoms with Gasteiger partial charge in [-0.3, -0.25) is 4.79 Å². The highest BCUT2D eigenvalue weighted by molar-refractivity contribution is 5.83. The second-order valence-corrected chi connectivity index (χ2v) is 4.47. The van der Waals surface area contributed by atoms with Gasteiger partial charge in [-0.1, -0.05) is 0 Å². The van der Waals surface area contributed by atoms with Crippen LogP contribution in [0.4, 0.5) is 13.2 Å². The highest BCUT2D eigenvalue weighted by Crippen LogP contribution is 2.31. The maximum Gasteiger partial charge on any atom is 0.252 e. The van der Waals surface area contributed by atoms with E-state index in [-0.39, 0.29) is 0 Å². The van der Waals surface area contributed by atoms with Crippen LogP contribution in [0, 0.1) is 5.41 Å². The van der Waals surface area contributed by atoms with Gasteiger partial charge < -0.3 is 4.90 Å². The molecule has 0 unspecified atom stereocenters. The predicted octanol–water partition coefficient (Wildman–Crippen LogP) is 2.24. The summed E-state index contributed by atoms with van der Waals surface area (Å²) in [5.41, 5.74) is -1.71. The van der Waals surface area contributed by atoms with Gasteiger partial charge in [0.2, 0.25) is 5.91 Å². The number of rotatable bonds is 3. The van der Waals surface area contributed by atoms with Crippen molar-refractivity contribution in [3.63, 3.8) is 0 Å². The van der Waals surface area contributed by atoms with Gasteiger partial charge in [-0.25, -0.2) is 13.2 Å². The quantitative estimate of drug-likeness (QED) is 0.718. The van der Waals surface area contributed by atoms with Crippen LogP contribution in [-0.4, -0.2) is 36.5 Å². The molecular formula is C10H16F3NO. The maximum atomic E-state index is 12.6. The van der Waals surface area contributed by atoms with E-state index >= 15 is 0 Å².